The van der Waals surface area contributed by atoms with Crippen LogP contribution in [-0.2, 0) is 6.54 Å². The zero-order valence-electron chi connectivity index (χ0n) is 11.2. The smallest absolute Gasteiger partial charge is 0.387 e. The van der Waals surface area contributed by atoms with Crippen molar-refractivity contribution in [2.45, 2.75) is 27.0 Å². The number of nitrogens with zero attached hydrogens (tertiary/aromatic N) is 2. The summed E-state index contributed by atoms with van der Waals surface area (Å²) >= 11 is 0. The van der Waals surface area contributed by atoms with Gasteiger partial charge in [-0.15, -0.1) is 0 Å². The van der Waals surface area contributed by atoms with E-state index in [0.717, 1.165) is 17.0 Å². The molecular weight excluding hydrogens is 264 g/mol. The van der Waals surface area contributed by atoms with Gasteiger partial charge in [-0.25, -0.2) is 9.97 Å². The number of aromatic nitrogens is 2. The molecule has 0 saturated heterocycles. The lowest BCUT2D eigenvalue weighted by atomic mass is 10.2. The van der Waals surface area contributed by atoms with Gasteiger partial charge in [0, 0.05) is 17.9 Å². The summed E-state index contributed by atoms with van der Waals surface area (Å²) in [5.41, 5.74) is 2.55. The molecule has 1 heterocycles. The highest BCUT2D eigenvalue weighted by Gasteiger charge is 2.05. The molecule has 0 spiro atoms. The van der Waals surface area contributed by atoms with Crippen LogP contribution < -0.4 is 10.1 Å². The molecule has 2 aromatic rings. The zero-order chi connectivity index (χ0) is 14.5. The summed E-state index contributed by atoms with van der Waals surface area (Å²) in [6, 6.07) is 8.40. The molecular formula is C14H15F2N3O. The summed E-state index contributed by atoms with van der Waals surface area (Å²) in [5.74, 6) is 0.656. The molecule has 0 unspecified atom stereocenters. The fourth-order valence-corrected chi connectivity index (χ4v) is 1.82. The Balaban J connectivity index is 2.03. The van der Waals surface area contributed by atoms with Gasteiger partial charge in [0.05, 0.1) is 0 Å². The Bertz CT molecular complexity index is 570. The second kappa shape index (κ2) is 6.27. The molecule has 0 saturated carbocycles. The molecule has 0 aliphatic heterocycles. The molecule has 0 bridgehead atoms. The molecule has 0 aliphatic rings. The van der Waals surface area contributed by atoms with Gasteiger partial charge in [-0.2, -0.15) is 8.78 Å². The monoisotopic (exact) mass is 279 g/mol. The van der Waals surface area contributed by atoms with Gasteiger partial charge < -0.3 is 10.1 Å². The Morgan fingerprint density at radius 1 is 1.15 bits per heavy atom. The van der Waals surface area contributed by atoms with Crippen molar-refractivity contribution in [3.05, 3.63) is 47.3 Å². The highest BCUT2D eigenvalue weighted by Crippen LogP contribution is 2.16. The van der Waals surface area contributed by atoms with E-state index in [1.165, 1.54) is 6.07 Å². The van der Waals surface area contributed by atoms with Gasteiger partial charge in [0.15, 0.2) is 0 Å². The number of alkyl halides is 2. The first-order valence-corrected chi connectivity index (χ1v) is 6.13. The molecule has 106 valence electrons. The number of ether oxygens (including phenoxy) is 1. The molecule has 1 aromatic carbocycles. The summed E-state index contributed by atoms with van der Waals surface area (Å²) in [6.45, 7) is 1.39. The van der Waals surface area contributed by atoms with E-state index in [1.807, 2.05) is 26.0 Å². The Labute approximate surface area is 115 Å². The van der Waals surface area contributed by atoms with Crippen LogP contribution in [0.25, 0.3) is 0 Å². The normalized spacial score (nSPS) is 10.7. The minimum atomic E-state index is -2.82. The fraction of sp³-hybridized carbons (Fsp3) is 0.286. The number of anilines is 1. The Morgan fingerprint density at radius 3 is 2.50 bits per heavy atom. The van der Waals surface area contributed by atoms with Crippen LogP contribution in [0.15, 0.2) is 30.3 Å². The number of hydrogen-bond acceptors (Lipinski definition) is 4. The van der Waals surface area contributed by atoms with E-state index in [0.29, 0.717) is 12.5 Å². The third-order valence-electron chi connectivity index (χ3n) is 2.56. The Kier molecular flexibility index (Phi) is 4.45. The second-order valence-corrected chi connectivity index (χ2v) is 4.35. The summed E-state index contributed by atoms with van der Waals surface area (Å²) < 4.78 is 28.6. The minimum Gasteiger partial charge on any atom is -0.435 e. The Morgan fingerprint density at radius 2 is 1.85 bits per heavy atom. The lowest BCUT2D eigenvalue weighted by Gasteiger charge is -2.09. The SMILES string of the molecule is Cc1cc(C)nc(NCc2cccc(OC(F)F)c2)n1. The molecule has 0 fully saturated rings. The van der Waals surface area contributed by atoms with Crippen LogP contribution in [-0.4, -0.2) is 16.6 Å². The summed E-state index contributed by atoms with van der Waals surface area (Å²) in [7, 11) is 0. The van der Waals surface area contributed by atoms with Crippen molar-refractivity contribution in [3.8, 4) is 5.75 Å². The van der Waals surface area contributed by atoms with Gasteiger partial charge >= 0.3 is 6.61 Å². The van der Waals surface area contributed by atoms with Crippen LogP contribution in [0.1, 0.15) is 17.0 Å². The van der Waals surface area contributed by atoms with Crippen molar-refractivity contribution in [1.29, 1.82) is 0 Å². The first-order valence-electron chi connectivity index (χ1n) is 6.13. The van der Waals surface area contributed by atoms with E-state index >= 15 is 0 Å². The summed E-state index contributed by atoms with van der Waals surface area (Å²) in [4.78, 5) is 8.49. The molecule has 1 N–H and O–H groups in total. The number of benzene rings is 1. The van der Waals surface area contributed by atoms with Crippen LogP contribution >= 0.6 is 0 Å². The predicted octanol–water partition coefficient (Wildman–Crippen LogP) is 3.31. The average Bonchev–Trinajstić information content (AvgIpc) is 2.35. The largest absolute Gasteiger partial charge is 0.435 e. The molecule has 6 heteroatoms. The van der Waals surface area contributed by atoms with Crippen LogP contribution in [0.2, 0.25) is 0 Å². The van der Waals surface area contributed by atoms with Crippen molar-refractivity contribution in [3.63, 3.8) is 0 Å². The molecule has 2 rings (SSSR count). The van der Waals surface area contributed by atoms with Crippen molar-refractivity contribution >= 4 is 5.95 Å². The maximum atomic E-state index is 12.1. The Hall–Kier alpha value is -2.24. The van der Waals surface area contributed by atoms with Crippen molar-refractivity contribution in [2.75, 3.05) is 5.32 Å². The van der Waals surface area contributed by atoms with Gasteiger partial charge in [-0.1, -0.05) is 12.1 Å². The lowest BCUT2D eigenvalue weighted by Crippen LogP contribution is -2.06. The van der Waals surface area contributed by atoms with Gasteiger partial charge in [0.25, 0.3) is 0 Å². The number of rotatable bonds is 5. The molecule has 0 radical (unpaired) electrons. The maximum absolute atomic E-state index is 12.1. The van der Waals surface area contributed by atoms with E-state index in [4.69, 9.17) is 0 Å². The molecule has 20 heavy (non-hydrogen) atoms. The fourth-order valence-electron chi connectivity index (χ4n) is 1.82. The number of halogens is 2. The van der Waals surface area contributed by atoms with E-state index in [2.05, 4.69) is 20.0 Å². The van der Waals surface area contributed by atoms with E-state index in [1.54, 1.807) is 12.1 Å². The van der Waals surface area contributed by atoms with E-state index in [9.17, 15) is 8.78 Å². The maximum Gasteiger partial charge on any atom is 0.387 e. The number of aryl methyl sites for hydroxylation is 2. The van der Waals surface area contributed by atoms with Crippen LogP contribution in [0, 0.1) is 13.8 Å². The summed E-state index contributed by atoms with van der Waals surface area (Å²) in [5, 5.41) is 3.06. The molecule has 0 atom stereocenters. The summed E-state index contributed by atoms with van der Waals surface area (Å²) in [6.07, 6.45) is 0. The van der Waals surface area contributed by atoms with Crippen LogP contribution in [0.4, 0.5) is 14.7 Å². The van der Waals surface area contributed by atoms with Gasteiger partial charge in [0.1, 0.15) is 5.75 Å². The quantitative estimate of drug-likeness (QED) is 0.912. The van der Waals surface area contributed by atoms with Crippen molar-refractivity contribution in [1.82, 2.24) is 9.97 Å². The molecule has 0 amide bonds. The highest BCUT2D eigenvalue weighted by molar-refractivity contribution is 5.33. The minimum absolute atomic E-state index is 0.139. The molecule has 0 aliphatic carbocycles. The van der Waals surface area contributed by atoms with Gasteiger partial charge in [0.2, 0.25) is 5.95 Å². The zero-order valence-corrected chi connectivity index (χ0v) is 11.2. The van der Waals surface area contributed by atoms with E-state index in [-0.39, 0.29) is 5.75 Å². The third kappa shape index (κ3) is 4.15. The predicted molar refractivity (Wildman–Crippen MR) is 71.9 cm³/mol. The average molecular weight is 279 g/mol. The standard InChI is InChI=1S/C14H15F2N3O/c1-9-6-10(2)19-14(18-9)17-8-11-4-3-5-12(7-11)20-13(15)16/h3-7,13H,8H2,1-2H3,(H,17,18,19). The number of nitrogens with one attached hydrogen (secondary N) is 1. The van der Waals surface area contributed by atoms with Crippen LogP contribution in [0.5, 0.6) is 5.75 Å². The third-order valence-corrected chi connectivity index (χ3v) is 2.56. The number of hydrogen-bond donors (Lipinski definition) is 1. The van der Waals surface area contributed by atoms with E-state index < -0.39 is 6.61 Å². The molecule has 4 nitrogen and oxygen atoms in total. The second-order valence-electron chi connectivity index (χ2n) is 4.35. The van der Waals surface area contributed by atoms with Crippen molar-refractivity contribution < 1.29 is 13.5 Å². The molecule has 1 aromatic heterocycles. The lowest BCUT2D eigenvalue weighted by molar-refractivity contribution is -0.0498. The van der Waals surface area contributed by atoms with Crippen molar-refractivity contribution in [2.24, 2.45) is 0 Å². The highest BCUT2D eigenvalue weighted by atomic mass is 19.3. The van der Waals surface area contributed by atoms with Gasteiger partial charge in [-0.05, 0) is 37.6 Å². The van der Waals surface area contributed by atoms with Gasteiger partial charge in [-0.3, -0.25) is 0 Å². The first kappa shape index (κ1) is 14.2. The van der Waals surface area contributed by atoms with Crippen LogP contribution in [0.3, 0.4) is 0 Å². The first-order chi connectivity index (χ1) is 9.52. The topological polar surface area (TPSA) is 47.0 Å².